The molecule has 2 amide bonds. The molecular formula is C11H22N4O2. The van der Waals surface area contributed by atoms with E-state index >= 15 is 0 Å². The fraction of sp³-hybridized carbons (Fsp3) is 0.818. The molecule has 1 saturated heterocycles. The van der Waals surface area contributed by atoms with Crippen molar-refractivity contribution in [2.24, 2.45) is 5.73 Å². The van der Waals surface area contributed by atoms with Gasteiger partial charge in [0.2, 0.25) is 11.8 Å². The van der Waals surface area contributed by atoms with E-state index in [1.807, 2.05) is 14.1 Å². The summed E-state index contributed by atoms with van der Waals surface area (Å²) in [4.78, 5) is 26.5. The summed E-state index contributed by atoms with van der Waals surface area (Å²) in [5.74, 6) is -0.476. The van der Waals surface area contributed by atoms with Crippen LogP contribution in [0, 0.1) is 0 Å². The molecule has 0 spiro atoms. The molecule has 1 heterocycles. The van der Waals surface area contributed by atoms with Crippen LogP contribution in [0.25, 0.3) is 0 Å². The van der Waals surface area contributed by atoms with Crippen molar-refractivity contribution in [3.63, 3.8) is 0 Å². The van der Waals surface area contributed by atoms with Gasteiger partial charge in [0.25, 0.3) is 0 Å². The first-order valence-electron chi connectivity index (χ1n) is 5.94. The maximum Gasteiger partial charge on any atom is 0.237 e. The van der Waals surface area contributed by atoms with Crippen molar-refractivity contribution in [3.8, 4) is 0 Å². The minimum atomic E-state index is -0.448. The molecule has 1 aliphatic rings. The fourth-order valence-corrected chi connectivity index (χ4v) is 2.07. The molecule has 3 N–H and O–H groups in total. The average molecular weight is 242 g/mol. The Balaban J connectivity index is 2.64. The van der Waals surface area contributed by atoms with E-state index in [4.69, 9.17) is 5.73 Å². The fourth-order valence-electron chi connectivity index (χ4n) is 2.07. The predicted molar refractivity (Wildman–Crippen MR) is 65.4 cm³/mol. The molecule has 1 aliphatic heterocycles. The largest absolute Gasteiger partial charge is 0.368 e. The lowest BCUT2D eigenvalue weighted by Gasteiger charge is -2.34. The second-order valence-electron chi connectivity index (χ2n) is 4.71. The number of piperidine rings is 1. The summed E-state index contributed by atoms with van der Waals surface area (Å²) in [5, 5.41) is 3.24. The molecule has 0 radical (unpaired) electrons. The Kier molecular flexibility index (Phi) is 5.37. The Morgan fingerprint density at radius 2 is 1.82 bits per heavy atom. The quantitative estimate of drug-likeness (QED) is 0.622. The van der Waals surface area contributed by atoms with Crippen LogP contribution in [0.5, 0.6) is 0 Å². The zero-order valence-electron chi connectivity index (χ0n) is 10.6. The van der Waals surface area contributed by atoms with Gasteiger partial charge in [-0.3, -0.25) is 9.59 Å². The Morgan fingerprint density at radius 3 is 2.29 bits per heavy atom. The van der Waals surface area contributed by atoms with Gasteiger partial charge in [-0.05, 0) is 40.0 Å². The van der Waals surface area contributed by atoms with E-state index in [0.29, 0.717) is 6.54 Å². The highest BCUT2D eigenvalue weighted by Gasteiger charge is 2.26. The molecule has 0 saturated carbocycles. The standard InChI is InChI=1S/C11H22N4O2/c1-14(2)8-11(17)15(7-10(12)16)9-3-5-13-6-4-9/h9,13H,3-8H2,1-2H3,(H2,12,16). The molecule has 1 rings (SSSR count). The number of nitrogens with zero attached hydrogens (tertiary/aromatic N) is 2. The number of carbonyl (C=O) groups excluding carboxylic acids is 2. The summed E-state index contributed by atoms with van der Waals surface area (Å²) in [6, 6.07) is 0.135. The number of hydrogen-bond acceptors (Lipinski definition) is 4. The van der Waals surface area contributed by atoms with Crippen LogP contribution < -0.4 is 11.1 Å². The lowest BCUT2D eigenvalue weighted by Crippen LogP contribution is -2.51. The number of likely N-dealkylation sites (N-methyl/N-ethyl adjacent to an activating group) is 1. The first-order valence-corrected chi connectivity index (χ1v) is 5.94. The van der Waals surface area contributed by atoms with Gasteiger partial charge in [0, 0.05) is 6.04 Å². The number of primary amides is 1. The number of nitrogens with two attached hydrogens (primary N) is 1. The highest BCUT2D eigenvalue weighted by molar-refractivity contribution is 5.85. The van der Waals surface area contributed by atoms with Crippen molar-refractivity contribution >= 4 is 11.8 Å². The zero-order valence-corrected chi connectivity index (χ0v) is 10.6. The second-order valence-corrected chi connectivity index (χ2v) is 4.71. The zero-order chi connectivity index (χ0) is 12.8. The monoisotopic (exact) mass is 242 g/mol. The van der Waals surface area contributed by atoms with Crippen molar-refractivity contribution in [2.75, 3.05) is 40.3 Å². The van der Waals surface area contributed by atoms with Gasteiger partial charge in [0.15, 0.2) is 0 Å². The summed E-state index contributed by atoms with van der Waals surface area (Å²) in [5.41, 5.74) is 5.21. The van der Waals surface area contributed by atoms with Crippen molar-refractivity contribution in [1.82, 2.24) is 15.1 Å². The van der Waals surface area contributed by atoms with Gasteiger partial charge in [0.1, 0.15) is 0 Å². The third-order valence-electron chi connectivity index (χ3n) is 2.85. The van der Waals surface area contributed by atoms with Crippen molar-refractivity contribution in [1.29, 1.82) is 0 Å². The maximum absolute atomic E-state index is 12.0. The number of rotatable bonds is 5. The molecule has 6 heteroatoms. The molecule has 0 unspecified atom stereocenters. The Morgan fingerprint density at radius 1 is 1.24 bits per heavy atom. The van der Waals surface area contributed by atoms with Crippen LogP contribution in [0.3, 0.4) is 0 Å². The van der Waals surface area contributed by atoms with E-state index in [2.05, 4.69) is 5.32 Å². The van der Waals surface area contributed by atoms with Crippen LogP contribution in [-0.2, 0) is 9.59 Å². The van der Waals surface area contributed by atoms with Crippen LogP contribution in [0.15, 0.2) is 0 Å². The van der Waals surface area contributed by atoms with Crippen LogP contribution in [0.4, 0.5) is 0 Å². The van der Waals surface area contributed by atoms with Crippen LogP contribution in [-0.4, -0.2) is 67.9 Å². The van der Waals surface area contributed by atoms with E-state index in [-0.39, 0.29) is 18.5 Å². The number of nitrogens with one attached hydrogen (secondary N) is 1. The van der Waals surface area contributed by atoms with Gasteiger partial charge < -0.3 is 20.9 Å². The lowest BCUT2D eigenvalue weighted by atomic mass is 10.0. The van der Waals surface area contributed by atoms with Gasteiger partial charge in [-0.1, -0.05) is 0 Å². The van der Waals surface area contributed by atoms with Crippen LogP contribution in [0.1, 0.15) is 12.8 Å². The molecule has 0 aromatic carbocycles. The average Bonchev–Trinajstić information content (AvgIpc) is 2.25. The van der Waals surface area contributed by atoms with Gasteiger partial charge >= 0.3 is 0 Å². The molecule has 0 aromatic rings. The van der Waals surface area contributed by atoms with Crippen LogP contribution in [0.2, 0.25) is 0 Å². The normalized spacial score (nSPS) is 17.1. The van der Waals surface area contributed by atoms with Crippen molar-refractivity contribution < 1.29 is 9.59 Å². The summed E-state index contributed by atoms with van der Waals surface area (Å²) in [7, 11) is 3.67. The molecule has 1 fully saturated rings. The molecule has 0 bridgehead atoms. The van der Waals surface area contributed by atoms with E-state index in [9.17, 15) is 9.59 Å². The van der Waals surface area contributed by atoms with E-state index in [1.165, 1.54) is 0 Å². The third kappa shape index (κ3) is 4.70. The van der Waals surface area contributed by atoms with Crippen molar-refractivity contribution in [3.05, 3.63) is 0 Å². The Labute approximate surface area is 102 Å². The van der Waals surface area contributed by atoms with Gasteiger partial charge in [-0.25, -0.2) is 0 Å². The molecule has 17 heavy (non-hydrogen) atoms. The van der Waals surface area contributed by atoms with Crippen LogP contribution >= 0.6 is 0 Å². The minimum absolute atomic E-state index is 0.0251. The molecule has 0 aliphatic carbocycles. The topological polar surface area (TPSA) is 78.7 Å². The van der Waals surface area contributed by atoms with E-state index in [0.717, 1.165) is 25.9 Å². The summed E-state index contributed by atoms with van der Waals surface area (Å²) < 4.78 is 0. The van der Waals surface area contributed by atoms with Gasteiger partial charge in [-0.15, -0.1) is 0 Å². The first-order chi connectivity index (χ1) is 8.00. The van der Waals surface area contributed by atoms with Crippen molar-refractivity contribution in [2.45, 2.75) is 18.9 Å². The minimum Gasteiger partial charge on any atom is -0.368 e. The SMILES string of the molecule is CN(C)CC(=O)N(CC(N)=O)C1CCNCC1. The Hall–Kier alpha value is -1.14. The number of hydrogen-bond donors (Lipinski definition) is 2. The molecule has 6 nitrogen and oxygen atoms in total. The maximum atomic E-state index is 12.0. The highest BCUT2D eigenvalue weighted by atomic mass is 16.2. The van der Waals surface area contributed by atoms with E-state index in [1.54, 1.807) is 9.80 Å². The molecule has 0 atom stereocenters. The first kappa shape index (κ1) is 13.9. The van der Waals surface area contributed by atoms with Gasteiger partial charge in [-0.2, -0.15) is 0 Å². The number of carbonyl (C=O) groups is 2. The second kappa shape index (κ2) is 6.56. The predicted octanol–water partition coefficient (Wildman–Crippen LogP) is -1.39. The van der Waals surface area contributed by atoms with E-state index < -0.39 is 5.91 Å². The summed E-state index contributed by atoms with van der Waals surface area (Å²) >= 11 is 0. The molecule has 0 aromatic heterocycles. The van der Waals surface area contributed by atoms with Gasteiger partial charge in [0.05, 0.1) is 13.1 Å². The Bertz CT molecular complexity index is 275. The summed E-state index contributed by atoms with van der Waals surface area (Å²) in [6.07, 6.45) is 1.76. The number of amides is 2. The third-order valence-corrected chi connectivity index (χ3v) is 2.85. The lowest BCUT2D eigenvalue weighted by molar-refractivity contribution is -0.138. The molecular weight excluding hydrogens is 220 g/mol. The smallest absolute Gasteiger partial charge is 0.237 e. The highest BCUT2D eigenvalue weighted by Crippen LogP contribution is 2.12. The summed E-state index contributed by atoms with van der Waals surface area (Å²) in [6.45, 7) is 2.11. The molecule has 98 valence electrons.